The van der Waals surface area contributed by atoms with Gasteiger partial charge in [0.05, 0.1) is 0 Å². The highest BCUT2D eigenvalue weighted by molar-refractivity contribution is 5.44. The van der Waals surface area contributed by atoms with Crippen molar-refractivity contribution in [2.45, 2.75) is 13.5 Å². The molecule has 0 saturated heterocycles. The fourth-order valence-corrected chi connectivity index (χ4v) is 0.620. The number of hydrogen-bond donors (Lipinski definition) is 1. The third-order valence-corrected chi connectivity index (χ3v) is 1.15. The number of carbonyl (C=O) groups excluding carboxylic acids is 1. The van der Waals surface area contributed by atoms with Crippen LogP contribution in [0.3, 0.4) is 0 Å². The molecule has 0 amide bonds. The van der Waals surface area contributed by atoms with Gasteiger partial charge in [-0.25, -0.2) is 4.39 Å². The Balaban J connectivity index is 0.000000354. The first-order chi connectivity index (χ1) is 5.74. The van der Waals surface area contributed by atoms with Gasteiger partial charge in [-0.2, -0.15) is 0 Å². The molecule has 0 atom stereocenters. The molecule has 0 aliphatic carbocycles. The maximum Gasteiger partial charge on any atom is 0.123 e. The van der Waals surface area contributed by atoms with Gasteiger partial charge in [-0.15, -0.1) is 0 Å². The van der Waals surface area contributed by atoms with Crippen LogP contribution in [0, 0.1) is 5.82 Å². The SMILES string of the molecule is CC=O.NCc1ccc(F)cc1. The van der Waals surface area contributed by atoms with Crippen LogP contribution in [0.2, 0.25) is 0 Å². The molecule has 66 valence electrons. The molecule has 12 heavy (non-hydrogen) atoms. The number of carbonyl (C=O) groups is 1. The van der Waals surface area contributed by atoms with Crippen LogP contribution in [0.15, 0.2) is 24.3 Å². The molecule has 1 aromatic carbocycles. The smallest absolute Gasteiger partial charge is 0.123 e. The van der Waals surface area contributed by atoms with Gasteiger partial charge in [0.15, 0.2) is 0 Å². The minimum absolute atomic E-state index is 0.216. The van der Waals surface area contributed by atoms with E-state index in [0.29, 0.717) is 6.54 Å². The van der Waals surface area contributed by atoms with Crippen molar-refractivity contribution < 1.29 is 9.18 Å². The van der Waals surface area contributed by atoms with Gasteiger partial charge in [-0.1, -0.05) is 12.1 Å². The minimum atomic E-state index is -0.216. The second-order valence-electron chi connectivity index (χ2n) is 2.07. The van der Waals surface area contributed by atoms with E-state index < -0.39 is 0 Å². The highest BCUT2D eigenvalue weighted by atomic mass is 19.1. The molecule has 0 radical (unpaired) electrons. The van der Waals surface area contributed by atoms with Gasteiger partial charge in [-0.3, -0.25) is 0 Å². The summed E-state index contributed by atoms with van der Waals surface area (Å²) < 4.78 is 12.2. The monoisotopic (exact) mass is 169 g/mol. The van der Waals surface area contributed by atoms with Crippen molar-refractivity contribution in [1.29, 1.82) is 0 Å². The molecule has 0 bridgehead atoms. The molecule has 0 unspecified atom stereocenters. The van der Waals surface area contributed by atoms with Gasteiger partial charge >= 0.3 is 0 Å². The van der Waals surface area contributed by atoms with E-state index >= 15 is 0 Å². The molecule has 0 heterocycles. The third-order valence-electron chi connectivity index (χ3n) is 1.15. The molecule has 1 aromatic rings. The van der Waals surface area contributed by atoms with Gasteiger partial charge in [0.25, 0.3) is 0 Å². The van der Waals surface area contributed by atoms with Crippen molar-refractivity contribution in [2.75, 3.05) is 0 Å². The van der Waals surface area contributed by atoms with Crippen molar-refractivity contribution in [3.8, 4) is 0 Å². The van der Waals surface area contributed by atoms with Gasteiger partial charge < -0.3 is 10.5 Å². The lowest BCUT2D eigenvalue weighted by Gasteiger charge is -1.92. The second-order valence-corrected chi connectivity index (χ2v) is 2.07. The van der Waals surface area contributed by atoms with Crippen LogP contribution in [0.4, 0.5) is 4.39 Å². The molecule has 0 saturated carbocycles. The zero-order valence-corrected chi connectivity index (χ0v) is 6.96. The van der Waals surface area contributed by atoms with Crippen molar-refractivity contribution >= 4 is 6.29 Å². The van der Waals surface area contributed by atoms with Crippen LogP contribution in [-0.4, -0.2) is 6.29 Å². The van der Waals surface area contributed by atoms with Crippen LogP contribution in [0.1, 0.15) is 12.5 Å². The van der Waals surface area contributed by atoms with Gasteiger partial charge in [0.2, 0.25) is 0 Å². The summed E-state index contributed by atoms with van der Waals surface area (Å²) in [6.07, 6.45) is 0.750. The molecule has 1 rings (SSSR count). The van der Waals surface area contributed by atoms with Gasteiger partial charge in [0, 0.05) is 6.54 Å². The molecule has 3 heteroatoms. The van der Waals surface area contributed by atoms with Crippen molar-refractivity contribution in [1.82, 2.24) is 0 Å². The minimum Gasteiger partial charge on any atom is -0.326 e. The fraction of sp³-hybridized carbons (Fsp3) is 0.222. The van der Waals surface area contributed by atoms with E-state index in [1.54, 1.807) is 12.1 Å². The maximum absolute atomic E-state index is 12.2. The molecule has 2 N–H and O–H groups in total. The van der Waals surface area contributed by atoms with Crippen LogP contribution >= 0.6 is 0 Å². The van der Waals surface area contributed by atoms with E-state index in [9.17, 15) is 4.39 Å². The standard InChI is InChI=1S/C7H8FN.C2H4O/c8-7-3-1-6(5-9)2-4-7;1-2-3/h1-4H,5,9H2;2H,1H3. The van der Waals surface area contributed by atoms with E-state index in [2.05, 4.69) is 0 Å². The molecule has 0 aromatic heterocycles. The molecular formula is C9H12FNO. The topological polar surface area (TPSA) is 43.1 Å². The van der Waals surface area contributed by atoms with Gasteiger partial charge in [-0.05, 0) is 24.6 Å². The third kappa shape index (κ3) is 4.57. The number of hydrogen-bond acceptors (Lipinski definition) is 2. The first-order valence-corrected chi connectivity index (χ1v) is 3.59. The molecule has 0 fully saturated rings. The summed E-state index contributed by atoms with van der Waals surface area (Å²) >= 11 is 0. The van der Waals surface area contributed by atoms with E-state index in [-0.39, 0.29) is 5.82 Å². The molecule has 0 aliphatic rings. The quantitative estimate of drug-likeness (QED) is 0.647. The van der Waals surface area contributed by atoms with E-state index in [4.69, 9.17) is 10.5 Å². The summed E-state index contributed by atoms with van der Waals surface area (Å²) in [5.41, 5.74) is 6.23. The van der Waals surface area contributed by atoms with Crippen LogP contribution in [0.25, 0.3) is 0 Å². The zero-order chi connectivity index (χ0) is 9.40. The van der Waals surface area contributed by atoms with E-state index in [1.807, 2.05) is 0 Å². The van der Waals surface area contributed by atoms with Gasteiger partial charge in [0.1, 0.15) is 12.1 Å². The van der Waals surface area contributed by atoms with Crippen LogP contribution in [-0.2, 0) is 11.3 Å². The maximum atomic E-state index is 12.2. The number of rotatable bonds is 1. The van der Waals surface area contributed by atoms with Crippen molar-refractivity contribution in [2.24, 2.45) is 5.73 Å². The summed E-state index contributed by atoms with van der Waals surface area (Å²) in [6, 6.07) is 6.16. The molecule has 2 nitrogen and oxygen atoms in total. The number of halogens is 1. The Morgan fingerprint density at radius 2 is 1.83 bits per heavy atom. The predicted molar refractivity (Wildman–Crippen MR) is 46.0 cm³/mol. The number of aldehydes is 1. The zero-order valence-electron chi connectivity index (χ0n) is 6.96. The lowest BCUT2D eigenvalue weighted by molar-refractivity contribution is -0.106. The van der Waals surface area contributed by atoms with Crippen LogP contribution in [0.5, 0.6) is 0 Å². The molecule has 0 spiro atoms. The fourth-order valence-electron chi connectivity index (χ4n) is 0.620. The average Bonchev–Trinajstić information content (AvgIpc) is 2.07. The molecular weight excluding hydrogens is 157 g/mol. The largest absolute Gasteiger partial charge is 0.326 e. The summed E-state index contributed by atoms with van der Waals surface area (Å²) in [5.74, 6) is -0.216. The molecule has 0 aliphatic heterocycles. The lowest BCUT2D eigenvalue weighted by Crippen LogP contribution is -1.94. The normalized spacial score (nSPS) is 8.25. The average molecular weight is 169 g/mol. The summed E-state index contributed by atoms with van der Waals surface area (Å²) in [6.45, 7) is 1.92. The Morgan fingerprint density at radius 3 is 2.17 bits per heavy atom. The number of nitrogens with two attached hydrogens (primary N) is 1. The van der Waals surface area contributed by atoms with Crippen molar-refractivity contribution in [3.63, 3.8) is 0 Å². The van der Waals surface area contributed by atoms with Crippen LogP contribution < -0.4 is 5.73 Å². The summed E-state index contributed by atoms with van der Waals surface area (Å²) in [5, 5.41) is 0. The Hall–Kier alpha value is -1.22. The number of benzene rings is 1. The highest BCUT2D eigenvalue weighted by Crippen LogP contribution is 2.00. The second kappa shape index (κ2) is 6.49. The first kappa shape index (κ1) is 10.8. The summed E-state index contributed by atoms with van der Waals surface area (Å²) in [7, 11) is 0. The Labute approximate surface area is 71.2 Å². The van der Waals surface area contributed by atoms with Crippen molar-refractivity contribution in [3.05, 3.63) is 35.6 Å². The Kier molecular flexibility index (Phi) is 5.83. The first-order valence-electron chi connectivity index (χ1n) is 3.59. The van der Waals surface area contributed by atoms with E-state index in [1.165, 1.54) is 19.1 Å². The lowest BCUT2D eigenvalue weighted by atomic mass is 10.2. The van der Waals surface area contributed by atoms with E-state index in [0.717, 1.165) is 11.8 Å². The predicted octanol–water partition coefficient (Wildman–Crippen LogP) is 1.49. The Morgan fingerprint density at radius 1 is 1.42 bits per heavy atom. The highest BCUT2D eigenvalue weighted by Gasteiger charge is 1.87. The Bertz CT molecular complexity index is 220. The summed E-state index contributed by atoms with van der Waals surface area (Å²) in [4.78, 5) is 8.81.